The van der Waals surface area contributed by atoms with Gasteiger partial charge in [-0.05, 0) is 27.2 Å². The molecule has 6 nitrogen and oxygen atoms in total. The summed E-state index contributed by atoms with van der Waals surface area (Å²) in [6.45, 7) is 8.08. The maximum Gasteiger partial charge on any atom is 0.399 e. The third-order valence-corrected chi connectivity index (χ3v) is 3.97. The summed E-state index contributed by atoms with van der Waals surface area (Å²) in [5, 5.41) is 15.1. The number of rotatable bonds is 14. The highest BCUT2D eigenvalue weighted by Gasteiger charge is 2.09. The smallest absolute Gasteiger partial charge is 0.397 e. The molecule has 0 fully saturated rings. The van der Waals surface area contributed by atoms with E-state index in [9.17, 15) is 8.42 Å². The Kier molecular flexibility index (Phi) is 30.8. The lowest BCUT2D eigenvalue weighted by Gasteiger charge is -2.04. The lowest BCUT2D eigenvalue weighted by atomic mass is 10.1. The molecule has 0 spiro atoms. The highest BCUT2D eigenvalue weighted by Crippen LogP contribution is 2.10. The third-order valence-electron chi connectivity index (χ3n) is 2.99. The second-order valence-corrected chi connectivity index (χ2v) is 6.74. The van der Waals surface area contributed by atoms with Crippen LogP contribution in [0.1, 0.15) is 91.9 Å². The van der Waals surface area contributed by atoms with Crippen LogP contribution in [0.15, 0.2) is 0 Å². The summed E-state index contributed by atoms with van der Waals surface area (Å²) in [6, 6.07) is 0. The largest absolute Gasteiger partial charge is 0.399 e. The lowest BCUT2D eigenvalue weighted by Crippen LogP contribution is -2.10. The number of unbranched alkanes of at least 4 members (excludes halogenated alkanes) is 9. The van der Waals surface area contributed by atoms with Crippen molar-refractivity contribution in [3.63, 3.8) is 0 Å². The molecule has 0 aliphatic rings. The second kappa shape index (κ2) is 26.0. The Hall–Kier alpha value is -0.210. The van der Waals surface area contributed by atoms with Crippen LogP contribution in [0.2, 0.25) is 0 Å². The van der Waals surface area contributed by atoms with Crippen LogP contribution in [-0.2, 0) is 18.8 Å². The van der Waals surface area contributed by atoms with Crippen molar-refractivity contribution < 1.29 is 27.0 Å². The summed E-state index contributed by atoms with van der Waals surface area (Å²) in [6.07, 6.45) is 12.2. The molecule has 25 heavy (non-hydrogen) atoms. The van der Waals surface area contributed by atoms with Crippen molar-refractivity contribution in [2.45, 2.75) is 91.9 Å². The van der Waals surface area contributed by atoms with Gasteiger partial charge < -0.3 is 10.2 Å². The van der Waals surface area contributed by atoms with Gasteiger partial charge in [0.05, 0.1) is 13.2 Å². The summed E-state index contributed by atoms with van der Waals surface area (Å²) in [5.41, 5.74) is 0. The first-order chi connectivity index (χ1) is 11.9. The zero-order chi connectivity index (χ0) is 19.8. The zero-order valence-electron chi connectivity index (χ0n) is 16.8. The average Bonchev–Trinajstić information content (AvgIpc) is 2.54. The molecule has 0 aromatic heterocycles. The predicted molar refractivity (Wildman–Crippen MR) is 104 cm³/mol. The average molecular weight is 387 g/mol. The van der Waals surface area contributed by atoms with E-state index in [0.29, 0.717) is 0 Å². The van der Waals surface area contributed by atoms with Gasteiger partial charge in [0.25, 0.3) is 0 Å². The standard InChI is InChI=1S/C14H30O4S.2C2H6O/c1-3-5-6-7-8-9-10-11-12-13-14-18-19(15,16)17-4-2;2*1-2-3/h3-14H2,1-2H3;2*3H,2H2,1H3. The lowest BCUT2D eigenvalue weighted by molar-refractivity contribution is 0.218. The molecule has 0 aliphatic heterocycles. The molecule has 0 heterocycles. The molecule has 0 unspecified atom stereocenters. The normalized spacial score (nSPS) is 10.5. The summed E-state index contributed by atoms with van der Waals surface area (Å²) in [5.74, 6) is 0. The van der Waals surface area contributed by atoms with Crippen LogP contribution in [0.4, 0.5) is 0 Å². The van der Waals surface area contributed by atoms with E-state index in [1.807, 2.05) is 0 Å². The van der Waals surface area contributed by atoms with Crippen molar-refractivity contribution in [1.82, 2.24) is 0 Å². The number of hydrogen-bond acceptors (Lipinski definition) is 6. The van der Waals surface area contributed by atoms with E-state index in [2.05, 4.69) is 11.1 Å². The fourth-order valence-corrected chi connectivity index (χ4v) is 2.61. The van der Waals surface area contributed by atoms with Gasteiger partial charge in [0.15, 0.2) is 0 Å². The number of aliphatic hydroxyl groups is 2. The first-order valence-corrected chi connectivity index (χ1v) is 11.0. The fourth-order valence-electron chi connectivity index (χ4n) is 1.93. The monoisotopic (exact) mass is 386 g/mol. The summed E-state index contributed by atoms with van der Waals surface area (Å²) in [4.78, 5) is 0. The van der Waals surface area contributed by atoms with E-state index in [1.165, 1.54) is 44.9 Å². The Labute approximate surface area is 156 Å². The molecule has 0 saturated heterocycles. The topological polar surface area (TPSA) is 93.1 Å². The number of aliphatic hydroxyl groups excluding tert-OH is 2. The Morgan fingerprint density at radius 3 is 1.36 bits per heavy atom. The third kappa shape index (κ3) is 35.7. The summed E-state index contributed by atoms with van der Waals surface area (Å²) >= 11 is 0. The summed E-state index contributed by atoms with van der Waals surface area (Å²) < 4.78 is 31.3. The van der Waals surface area contributed by atoms with E-state index in [4.69, 9.17) is 14.4 Å². The molecule has 0 bridgehead atoms. The maximum absolute atomic E-state index is 11.0. The Morgan fingerprint density at radius 1 is 0.640 bits per heavy atom. The number of hydrogen-bond donors (Lipinski definition) is 2. The minimum absolute atomic E-state index is 0.125. The predicted octanol–water partition coefficient (Wildman–Crippen LogP) is 4.20. The molecular weight excluding hydrogens is 344 g/mol. The first-order valence-electron chi connectivity index (χ1n) is 9.70. The van der Waals surface area contributed by atoms with Gasteiger partial charge >= 0.3 is 10.4 Å². The molecule has 0 amide bonds. The molecule has 0 atom stereocenters. The van der Waals surface area contributed by atoms with Gasteiger partial charge in [0, 0.05) is 13.2 Å². The minimum atomic E-state index is -3.74. The quantitative estimate of drug-likeness (QED) is 0.435. The van der Waals surface area contributed by atoms with Gasteiger partial charge in [-0.25, -0.2) is 8.37 Å². The highest BCUT2D eigenvalue weighted by molar-refractivity contribution is 7.81. The molecular formula is C18H42O6S. The van der Waals surface area contributed by atoms with Crippen LogP contribution in [0.25, 0.3) is 0 Å². The zero-order valence-corrected chi connectivity index (χ0v) is 17.7. The van der Waals surface area contributed by atoms with E-state index in [1.54, 1.807) is 20.8 Å². The van der Waals surface area contributed by atoms with E-state index < -0.39 is 10.4 Å². The Morgan fingerprint density at radius 2 is 1.00 bits per heavy atom. The molecule has 0 aromatic carbocycles. The van der Waals surface area contributed by atoms with Gasteiger partial charge in [0.1, 0.15) is 0 Å². The van der Waals surface area contributed by atoms with Crippen LogP contribution in [0.3, 0.4) is 0 Å². The second-order valence-electron chi connectivity index (χ2n) is 5.45. The van der Waals surface area contributed by atoms with Crippen LogP contribution >= 0.6 is 0 Å². The van der Waals surface area contributed by atoms with Crippen molar-refractivity contribution in [1.29, 1.82) is 0 Å². The Bertz CT molecular complexity index is 305. The van der Waals surface area contributed by atoms with Gasteiger partial charge in [-0.2, -0.15) is 8.42 Å². The van der Waals surface area contributed by atoms with Crippen molar-refractivity contribution >= 4 is 10.4 Å². The SMILES string of the molecule is CCCCCCCCCCCCOS(=O)(=O)OCC.CCO.CCO. The van der Waals surface area contributed by atoms with Gasteiger partial charge in [-0.15, -0.1) is 0 Å². The van der Waals surface area contributed by atoms with Gasteiger partial charge in [-0.3, -0.25) is 0 Å². The molecule has 0 radical (unpaired) electrons. The van der Waals surface area contributed by atoms with Crippen LogP contribution in [0.5, 0.6) is 0 Å². The maximum atomic E-state index is 11.0. The molecule has 156 valence electrons. The molecule has 0 aliphatic carbocycles. The molecule has 0 saturated carbocycles. The van der Waals surface area contributed by atoms with Gasteiger partial charge in [0.2, 0.25) is 0 Å². The summed E-state index contributed by atoms with van der Waals surface area (Å²) in [7, 11) is -3.74. The minimum Gasteiger partial charge on any atom is -0.397 e. The van der Waals surface area contributed by atoms with E-state index >= 15 is 0 Å². The van der Waals surface area contributed by atoms with E-state index in [0.717, 1.165) is 19.3 Å². The molecule has 0 aromatic rings. The van der Waals surface area contributed by atoms with Crippen molar-refractivity contribution in [2.75, 3.05) is 26.4 Å². The van der Waals surface area contributed by atoms with Crippen molar-refractivity contribution in [3.05, 3.63) is 0 Å². The molecule has 2 N–H and O–H groups in total. The highest BCUT2D eigenvalue weighted by atomic mass is 32.3. The fraction of sp³-hybridized carbons (Fsp3) is 1.00. The first kappa shape index (κ1) is 29.5. The van der Waals surface area contributed by atoms with E-state index in [-0.39, 0.29) is 26.4 Å². The molecule has 7 heteroatoms. The Balaban J connectivity index is -0.000000700. The van der Waals surface area contributed by atoms with Crippen molar-refractivity contribution in [3.8, 4) is 0 Å². The van der Waals surface area contributed by atoms with Crippen LogP contribution < -0.4 is 0 Å². The van der Waals surface area contributed by atoms with Crippen LogP contribution in [-0.4, -0.2) is 45.1 Å². The van der Waals surface area contributed by atoms with Crippen molar-refractivity contribution in [2.24, 2.45) is 0 Å². The molecule has 0 rings (SSSR count). The van der Waals surface area contributed by atoms with Crippen LogP contribution in [0, 0.1) is 0 Å². The van der Waals surface area contributed by atoms with Gasteiger partial charge in [-0.1, -0.05) is 64.7 Å².